The van der Waals surface area contributed by atoms with E-state index in [2.05, 4.69) is 4.98 Å². The standard InChI is InChI=1S/C19H17N3O/c20-16-8-4-7-14(11-16)15-9-10-22-17(12-15)18(19(21)23)13-5-2-1-3-6-13/h1-12,18H,20H2,(H2,21,23). The van der Waals surface area contributed by atoms with E-state index in [9.17, 15) is 4.79 Å². The number of nitrogens with zero attached hydrogens (tertiary/aromatic N) is 1. The van der Waals surface area contributed by atoms with E-state index in [0.29, 0.717) is 11.4 Å². The van der Waals surface area contributed by atoms with Crippen molar-refractivity contribution in [2.24, 2.45) is 5.73 Å². The van der Waals surface area contributed by atoms with Gasteiger partial charge in [0.2, 0.25) is 5.91 Å². The number of anilines is 1. The summed E-state index contributed by atoms with van der Waals surface area (Å²) in [7, 11) is 0. The van der Waals surface area contributed by atoms with Gasteiger partial charge in [-0.1, -0.05) is 42.5 Å². The number of nitrogens with two attached hydrogens (primary N) is 2. The maximum atomic E-state index is 12.0. The van der Waals surface area contributed by atoms with Crippen molar-refractivity contribution in [1.82, 2.24) is 4.98 Å². The molecule has 1 amide bonds. The van der Waals surface area contributed by atoms with Crippen LogP contribution in [-0.2, 0) is 4.79 Å². The Kier molecular flexibility index (Phi) is 4.06. The van der Waals surface area contributed by atoms with Crippen molar-refractivity contribution in [3.05, 3.63) is 84.2 Å². The third kappa shape index (κ3) is 3.21. The highest BCUT2D eigenvalue weighted by Gasteiger charge is 2.21. The van der Waals surface area contributed by atoms with Crippen molar-refractivity contribution >= 4 is 11.6 Å². The summed E-state index contributed by atoms with van der Waals surface area (Å²) in [6, 6.07) is 20.8. The third-order valence-electron chi connectivity index (χ3n) is 3.71. The molecular formula is C19H17N3O. The van der Waals surface area contributed by atoms with Crippen LogP contribution in [0.15, 0.2) is 72.9 Å². The zero-order valence-corrected chi connectivity index (χ0v) is 12.5. The van der Waals surface area contributed by atoms with Crippen LogP contribution in [0, 0.1) is 0 Å². The Morgan fingerprint density at radius 2 is 1.65 bits per heavy atom. The molecule has 0 saturated carbocycles. The van der Waals surface area contributed by atoms with Crippen LogP contribution in [-0.4, -0.2) is 10.9 Å². The van der Waals surface area contributed by atoms with Gasteiger partial charge in [-0.3, -0.25) is 9.78 Å². The number of amides is 1. The van der Waals surface area contributed by atoms with Gasteiger partial charge in [-0.25, -0.2) is 0 Å². The molecule has 0 aliphatic rings. The number of carbonyl (C=O) groups is 1. The summed E-state index contributed by atoms with van der Waals surface area (Å²) in [6.07, 6.45) is 1.69. The van der Waals surface area contributed by atoms with Crippen LogP contribution in [0.1, 0.15) is 17.2 Å². The van der Waals surface area contributed by atoms with Gasteiger partial charge in [0.1, 0.15) is 5.92 Å². The Hall–Kier alpha value is -3.14. The van der Waals surface area contributed by atoms with Gasteiger partial charge in [-0.05, 0) is 41.0 Å². The fourth-order valence-corrected chi connectivity index (χ4v) is 2.63. The Morgan fingerprint density at radius 1 is 0.913 bits per heavy atom. The number of hydrogen-bond donors (Lipinski definition) is 2. The van der Waals surface area contributed by atoms with E-state index < -0.39 is 11.8 Å². The summed E-state index contributed by atoms with van der Waals surface area (Å²) in [5.41, 5.74) is 15.5. The molecule has 0 bridgehead atoms. The van der Waals surface area contributed by atoms with Crippen molar-refractivity contribution in [3.63, 3.8) is 0 Å². The van der Waals surface area contributed by atoms with Crippen LogP contribution < -0.4 is 11.5 Å². The second kappa shape index (κ2) is 6.32. The Morgan fingerprint density at radius 3 is 2.35 bits per heavy atom. The molecule has 114 valence electrons. The number of benzene rings is 2. The molecule has 0 aliphatic carbocycles. The van der Waals surface area contributed by atoms with Gasteiger partial charge >= 0.3 is 0 Å². The van der Waals surface area contributed by atoms with Crippen LogP contribution in [0.4, 0.5) is 5.69 Å². The van der Waals surface area contributed by atoms with Gasteiger partial charge in [0.15, 0.2) is 0 Å². The third-order valence-corrected chi connectivity index (χ3v) is 3.71. The quantitative estimate of drug-likeness (QED) is 0.727. The van der Waals surface area contributed by atoms with Crippen LogP contribution >= 0.6 is 0 Å². The van der Waals surface area contributed by atoms with Crippen LogP contribution in [0.3, 0.4) is 0 Å². The van der Waals surface area contributed by atoms with E-state index in [1.54, 1.807) is 6.20 Å². The second-order valence-electron chi connectivity index (χ2n) is 5.34. The van der Waals surface area contributed by atoms with Crippen molar-refractivity contribution in [1.29, 1.82) is 0 Å². The normalized spacial score (nSPS) is 11.8. The average Bonchev–Trinajstić information content (AvgIpc) is 2.56. The molecule has 3 rings (SSSR count). The van der Waals surface area contributed by atoms with Crippen LogP contribution in [0.25, 0.3) is 11.1 Å². The van der Waals surface area contributed by atoms with E-state index in [4.69, 9.17) is 11.5 Å². The molecule has 1 aromatic heterocycles. The topological polar surface area (TPSA) is 82.0 Å². The highest BCUT2D eigenvalue weighted by Crippen LogP contribution is 2.27. The molecule has 1 atom stereocenters. The predicted molar refractivity (Wildman–Crippen MR) is 91.6 cm³/mol. The number of rotatable bonds is 4. The predicted octanol–water partition coefficient (Wildman–Crippen LogP) is 2.95. The molecule has 0 aliphatic heterocycles. The minimum absolute atomic E-state index is 0.423. The van der Waals surface area contributed by atoms with Gasteiger partial charge in [-0.2, -0.15) is 0 Å². The Labute approximate surface area is 134 Å². The molecule has 4 heteroatoms. The SMILES string of the molecule is NC(=O)C(c1ccccc1)c1cc(-c2cccc(N)c2)ccn1. The lowest BCUT2D eigenvalue weighted by atomic mass is 9.93. The fraction of sp³-hybridized carbons (Fsp3) is 0.0526. The number of aromatic nitrogens is 1. The molecule has 3 aromatic rings. The summed E-state index contributed by atoms with van der Waals surface area (Å²) in [6.45, 7) is 0. The largest absolute Gasteiger partial charge is 0.399 e. The number of nitrogen functional groups attached to an aromatic ring is 1. The highest BCUT2D eigenvalue weighted by molar-refractivity contribution is 5.85. The maximum Gasteiger partial charge on any atom is 0.231 e. The molecule has 0 saturated heterocycles. The summed E-state index contributed by atoms with van der Waals surface area (Å²) in [4.78, 5) is 16.3. The van der Waals surface area contributed by atoms with E-state index in [1.807, 2.05) is 66.7 Å². The van der Waals surface area contributed by atoms with Gasteiger partial charge < -0.3 is 11.5 Å². The molecule has 4 N–H and O–H groups in total. The molecule has 0 radical (unpaired) electrons. The van der Waals surface area contributed by atoms with Crippen molar-refractivity contribution in [2.45, 2.75) is 5.92 Å². The lowest BCUT2D eigenvalue weighted by molar-refractivity contribution is -0.118. The molecule has 0 spiro atoms. The zero-order chi connectivity index (χ0) is 16.2. The van der Waals surface area contributed by atoms with Crippen LogP contribution in [0.2, 0.25) is 0 Å². The fourth-order valence-electron chi connectivity index (χ4n) is 2.63. The van der Waals surface area contributed by atoms with E-state index in [-0.39, 0.29) is 0 Å². The molecule has 23 heavy (non-hydrogen) atoms. The molecule has 1 unspecified atom stereocenters. The summed E-state index contributed by atoms with van der Waals surface area (Å²) >= 11 is 0. The lowest BCUT2D eigenvalue weighted by Crippen LogP contribution is -2.23. The van der Waals surface area contributed by atoms with Gasteiger partial charge in [0.05, 0.1) is 5.69 Å². The summed E-state index contributed by atoms with van der Waals surface area (Å²) in [5.74, 6) is -0.995. The van der Waals surface area contributed by atoms with Gasteiger partial charge in [0, 0.05) is 11.9 Å². The lowest BCUT2D eigenvalue weighted by Gasteiger charge is -2.14. The molecular weight excluding hydrogens is 286 g/mol. The van der Waals surface area contributed by atoms with Gasteiger partial charge in [0.25, 0.3) is 0 Å². The molecule has 1 heterocycles. The highest BCUT2D eigenvalue weighted by atomic mass is 16.1. The minimum atomic E-state index is -0.572. The second-order valence-corrected chi connectivity index (χ2v) is 5.34. The molecule has 2 aromatic carbocycles. The minimum Gasteiger partial charge on any atom is -0.399 e. The smallest absolute Gasteiger partial charge is 0.231 e. The number of hydrogen-bond acceptors (Lipinski definition) is 3. The first kappa shape index (κ1) is 14.8. The average molecular weight is 303 g/mol. The summed E-state index contributed by atoms with van der Waals surface area (Å²) in [5, 5.41) is 0. The first-order chi connectivity index (χ1) is 11.1. The van der Waals surface area contributed by atoms with Crippen molar-refractivity contribution in [2.75, 3.05) is 5.73 Å². The maximum absolute atomic E-state index is 12.0. The number of carbonyl (C=O) groups excluding carboxylic acids is 1. The Bertz CT molecular complexity index is 831. The van der Waals surface area contributed by atoms with Crippen LogP contribution in [0.5, 0.6) is 0 Å². The van der Waals surface area contributed by atoms with Gasteiger partial charge in [-0.15, -0.1) is 0 Å². The number of pyridine rings is 1. The van der Waals surface area contributed by atoms with Crippen molar-refractivity contribution in [3.8, 4) is 11.1 Å². The van der Waals surface area contributed by atoms with E-state index in [1.165, 1.54) is 0 Å². The van der Waals surface area contributed by atoms with Crippen molar-refractivity contribution < 1.29 is 4.79 Å². The van der Waals surface area contributed by atoms with E-state index >= 15 is 0 Å². The molecule has 4 nitrogen and oxygen atoms in total. The molecule has 0 fully saturated rings. The zero-order valence-electron chi connectivity index (χ0n) is 12.5. The summed E-state index contributed by atoms with van der Waals surface area (Å²) < 4.78 is 0. The van der Waals surface area contributed by atoms with E-state index in [0.717, 1.165) is 16.7 Å². The first-order valence-electron chi connectivity index (χ1n) is 7.31. The Balaban J connectivity index is 2.05. The first-order valence-corrected chi connectivity index (χ1v) is 7.31. The monoisotopic (exact) mass is 303 g/mol. The number of primary amides is 1.